The van der Waals surface area contributed by atoms with Crippen molar-refractivity contribution in [2.45, 2.75) is 6.42 Å². The lowest BCUT2D eigenvalue weighted by Gasteiger charge is -2.15. The van der Waals surface area contributed by atoms with Crippen LogP contribution < -0.4 is 10.3 Å². The summed E-state index contributed by atoms with van der Waals surface area (Å²) in [5.74, 6) is 0.695. The molecule has 1 aromatic heterocycles. The third-order valence-corrected chi connectivity index (χ3v) is 3.24. The van der Waals surface area contributed by atoms with Gasteiger partial charge < -0.3 is 19.4 Å². The van der Waals surface area contributed by atoms with Crippen molar-refractivity contribution in [2.75, 3.05) is 40.5 Å². The van der Waals surface area contributed by atoms with E-state index in [0.29, 0.717) is 23.3 Å². The van der Waals surface area contributed by atoms with Crippen LogP contribution in [0.1, 0.15) is 6.42 Å². The molecule has 1 heterocycles. The van der Waals surface area contributed by atoms with Gasteiger partial charge in [-0.2, -0.15) is 0 Å². The van der Waals surface area contributed by atoms with Gasteiger partial charge in [-0.3, -0.25) is 4.79 Å². The van der Waals surface area contributed by atoms with Gasteiger partial charge in [0.15, 0.2) is 0 Å². The van der Waals surface area contributed by atoms with Gasteiger partial charge in [0.2, 0.25) is 0 Å². The van der Waals surface area contributed by atoms with Crippen molar-refractivity contribution in [3.63, 3.8) is 0 Å². The second kappa shape index (κ2) is 7.75. The van der Waals surface area contributed by atoms with Gasteiger partial charge in [-0.1, -0.05) is 0 Å². The lowest BCUT2D eigenvalue weighted by molar-refractivity contribution is 0.157. The number of benzene rings is 1. The second-order valence-corrected chi connectivity index (χ2v) is 4.91. The molecule has 6 heteroatoms. The van der Waals surface area contributed by atoms with Crippen LogP contribution in [0.5, 0.6) is 5.75 Å². The van der Waals surface area contributed by atoms with Crippen molar-refractivity contribution < 1.29 is 9.47 Å². The normalized spacial score (nSPS) is 11.2. The van der Waals surface area contributed by atoms with Crippen molar-refractivity contribution in [1.82, 2.24) is 14.9 Å². The first-order chi connectivity index (χ1) is 10.2. The Labute approximate surface area is 123 Å². The molecule has 1 aromatic carbocycles. The summed E-state index contributed by atoms with van der Waals surface area (Å²) in [6.07, 6.45) is 2.32. The zero-order valence-corrected chi connectivity index (χ0v) is 12.5. The smallest absolute Gasteiger partial charge is 0.258 e. The molecule has 0 aliphatic heterocycles. The monoisotopic (exact) mass is 291 g/mol. The second-order valence-electron chi connectivity index (χ2n) is 4.91. The minimum atomic E-state index is -0.148. The van der Waals surface area contributed by atoms with E-state index in [0.717, 1.165) is 26.1 Å². The van der Waals surface area contributed by atoms with Crippen LogP contribution in [0.25, 0.3) is 10.9 Å². The van der Waals surface area contributed by atoms with Crippen molar-refractivity contribution in [3.8, 4) is 5.75 Å². The number of nitrogens with one attached hydrogen (secondary N) is 1. The van der Waals surface area contributed by atoms with Crippen LogP contribution in [0.4, 0.5) is 0 Å². The average Bonchev–Trinajstić information content (AvgIpc) is 2.50. The first kappa shape index (κ1) is 15.5. The number of nitrogens with zero attached hydrogens (tertiary/aromatic N) is 2. The molecule has 0 bridgehead atoms. The predicted octanol–water partition coefficient (Wildman–Crippen LogP) is 1.27. The van der Waals surface area contributed by atoms with Crippen LogP contribution >= 0.6 is 0 Å². The molecule has 0 fully saturated rings. The molecule has 0 saturated heterocycles. The number of H-pyrrole nitrogens is 1. The SMILES string of the molecule is COCCN(C)CCCOc1ccc2nc[nH]c(=O)c2c1. The number of hydrogen-bond donors (Lipinski definition) is 1. The molecule has 1 N–H and O–H groups in total. The molecule has 0 amide bonds. The summed E-state index contributed by atoms with van der Waals surface area (Å²) in [5.41, 5.74) is 0.523. The highest BCUT2D eigenvalue weighted by Crippen LogP contribution is 2.16. The molecular weight excluding hydrogens is 270 g/mol. The Morgan fingerprint density at radius 3 is 2.95 bits per heavy atom. The molecule has 0 radical (unpaired) electrons. The van der Waals surface area contributed by atoms with E-state index in [2.05, 4.69) is 21.9 Å². The van der Waals surface area contributed by atoms with Crippen LogP contribution in [-0.2, 0) is 4.74 Å². The Morgan fingerprint density at radius 2 is 2.14 bits per heavy atom. The molecule has 0 atom stereocenters. The summed E-state index contributed by atoms with van der Waals surface area (Å²) in [5, 5.41) is 0.548. The molecule has 114 valence electrons. The Bertz CT molecular complexity index is 627. The Balaban J connectivity index is 1.84. The number of aromatic amines is 1. The summed E-state index contributed by atoms with van der Waals surface area (Å²) >= 11 is 0. The molecular formula is C15H21N3O3. The lowest BCUT2D eigenvalue weighted by Crippen LogP contribution is -2.25. The van der Waals surface area contributed by atoms with Crippen LogP contribution in [0.15, 0.2) is 29.3 Å². The summed E-state index contributed by atoms with van der Waals surface area (Å²) in [6, 6.07) is 5.36. The Hall–Kier alpha value is -1.92. The highest BCUT2D eigenvalue weighted by Gasteiger charge is 2.02. The number of likely N-dealkylation sites (N-methyl/N-ethyl adjacent to an activating group) is 1. The molecule has 6 nitrogen and oxygen atoms in total. The number of ether oxygens (including phenoxy) is 2. The van der Waals surface area contributed by atoms with E-state index in [9.17, 15) is 4.79 Å². The van der Waals surface area contributed by atoms with Crippen molar-refractivity contribution >= 4 is 10.9 Å². The fraction of sp³-hybridized carbons (Fsp3) is 0.467. The average molecular weight is 291 g/mol. The molecule has 0 spiro atoms. The summed E-state index contributed by atoms with van der Waals surface area (Å²) < 4.78 is 10.7. The maximum atomic E-state index is 11.7. The summed E-state index contributed by atoms with van der Waals surface area (Å²) in [7, 11) is 3.76. The van der Waals surface area contributed by atoms with E-state index in [1.54, 1.807) is 19.2 Å². The third kappa shape index (κ3) is 4.54. The summed E-state index contributed by atoms with van der Waals surface area (Å²) in [4.78, 5) is 20.5. The number of methoxy groups -OCH3 is 1. The van der Waals surface area contributed by atoms with Gasteiger partial charge in [0.1, 0.15) is 5.75 Å². The van der Waals surface area contributed by atoms with Gasteiger partial charge >= 0.3 is 0 Å². The van der Waals surface area contributed by atoms with E-state index in [4.69, 9.17) is 9.47 Å². The molecule has 2 aromatic rings. The van der Waals surface area contributed by atoms with E-state index in [1.807, 2.05) is 6.07 Å². The zero-order chi connectivity index (χ0) is 15.1. The quantitative estimate of drug-likeness (QED) is 0.742. The topological polar surface area (TPSA) is 67.5 Å². The van der Waals surface area contributed by atoms with E-state index < -0.39 is 0 Å². The van der Waals surface area contributed by atoms with Crippen LogP contribution in [0.2, 0.25) is 0 Å². The predicted molar refractivity (Wildman–Crippen MR) is 81.8 cm³/mol. The summed E-state index contributed by atoms with van der Waals surface area (Å²) in [6.45, 7) is 3.20. The first-order valence-electron chi connectivity index (χ1n) is 6.98. The maximum absolute atomic E-state index is 11.7. The highest BCUT2D eigenvalue weighted by atomic mass is 16.5. The van der Waals surface area contributed by atoms with Crippen molar-refractivity contribution in [3.05, 3.63) is 34.9 Å². The van der Waals surface area contributed by atoms with Crippen LogP contribution in [-0.4, -0.2) is 55.3 Å². The molecule has 0 saturated carbocycles. The van der Waals surface area contributed by atoms with Gasteiger partial charge in [-0.05, 0) is 31.7 Å². The molecule has 0 aliphatic carbocycles. The zero-order valence-electron chi connectivity index (χ0n) is 12.5. The van der Waals surface area contributed by atoms with Gasteiger partial charge in [0.25, 0.3) is 5.56 Å². The van der Waals surface area contributed by atoms with Gasteiger partial charge in [-0.25, -0.2) is 4.98 Å². The number of hydrogen-bond acceptors (Lipinski definition) is 5. The Morgan fingerprint density at radius 1 is 1.29 bits per heavy atom. The van der Waals surface area contributed by atoms with Gasteiger partial charge in [0.05, 0.1) is 30.4 Å². The maximum Gasteiger partial charge on any atom is 0.258 e. The van der Waals surface area contributed by atoms with E-state index in [1.165, 1.54) is 6.33 Å². The largest absolute Gasteiger partial charge is 0.494 e. The number of rotatable bonds is 8. The molecule has 0 unspecified atom stereocenters. The number of fused-ring (bicyclic) bond motifs is 1. The minimum Gasteiger partial charge on any atom is -0.494 e. The van der Waals surface area contributed by atoms with Crippen LogP contribution in [0, 0.1) is 0 Å². The first-order valence-corrected chi connectivity index (χ1v) is 6.98. The molecule has 21 heavy (non-hydrogen) atoms. The van der Waals surface area contributed by atoms with E-state index >= 15 is 0 Å². The lowest BCUT2D eigenvalue weighted by atomic mass is 10.2. The highest BCUT2D eigenvalue weighted by molar-refractivity contribution is 5.78. The van der Waals surface area contributed by atoms with E-state index in [-0.39, 0.29) is 5.56 Å². The van der Waals surface area contributed by atoms with Gasteiger partial charge in [0, 0.05) is 20.2 Å². The molecule has 2 rings (SSSR count). The van der Waals surface area contributed by atoms with Crippen LogP contribution in [0.3, 0.4) is 0 Å². The fourth-order valence-corrected chi connectivity index (χ4v) is 2.02. The van der Waals surface area contributed by atoms with Crippen molar-refractivity contribution in [1.29, 1.82) is 0 Å². The Kier molecular flexibility index (Phi) is 5.71. The van der Waals surface area contributed by atoms with Gasteiger partial charge in [-0.15, -0.1) is 0 Å². The third-order valence-electron chi connectivity index (χ3n) is 3.24. The fourth-order valence-electron chi connectivity index (χ4n) is 2.02. The van der Waals surface area contributed by atoms with Crippen molar-refractivity contribution in [2.24, 2.45) is 0 Å². The standard InChI is InChI=1S/C15H21N3O3/c1-18(7-9-20-2)6-3-8-21-12-4-5-14-13(10-12)15(19)17-11-16-14/h4-5,10-11H,3,6-9H2,1-2H3,(H,16,17,19). The molecule has 0 aliphatic rings. The minimum absolute atomic E-state index is 0.148. The number of aromatic nitrogens is 2.